The van der Waals surface area contributed by atoms with Crippen molar-refractivity contribution in [1.82, 2.24) is 0 Å². The fourth-order valence-corrected chi connectivity index (χ4v) is 1.82. The third kappa shape index (κ3) is 3.53. The molecule has 4 nitrogen and oxygen atoms in total. The first-order valence-corrected chi connectivity index (χ1v) is 5.58. The molecular weight excluding hydrogens is 242 g/mol. The third-order valence-electron chi connectivity index (χ3n) is 2.81. The summed E-state index contributed by atoms with van der Waals surface area (Å²) in [6.07, 6.45) is 0.760. The minimum absolute atomic E-state index is 0.270. The van der Waals surface area contributed by atoms with E-state index in [0.717, 1.165) is 11.8 Å². The van der Waals surface area contributed by atoms with Crippen LogP contribution in [-0.2, 0) is 4.79 Å². The van der Waals surface area contributed by atoms with Gasteiger partial charge in [-0.1, -0.05) is 37.6 Å². The number of halogens is 1. The van der Waals surface area contributed by atoms with E-state index in [9.17, 15) is 14.9 Å². The van der Waals surface area contributed by atoms with Gasteiger partial charge in [0.25, 0.3) is 0 Å². The molecule has 92 valence electrons. The number of hydrogen-bond donors (Lipinski definition) is 0. The Morgan fingerprint density at radius 1 is 1.41 bits per heavy atom. The second-order valence-corrected chi connectivity index (χ2v) is 5.00. The normalized spacial score (nSPS) is 13.1. The predicted octanol–water partition coefficient (Wildman–Crippen LogP) is 2.93. The molecule has 0 fully saturated rings. The smallest absolute Gasteiger partial charge is 0.211 e. The van der Waals surface area contributed by atoms with E-state index in [4.69, 9.17) is 11.6 Å². The van der Waals surface area contributed by atoms with Gasteiger partial charge in [-0.15, -0.1) is 0 Å². The van der Waals surface area contributed by atoms with Gasteiger partial charge < -0.3 is 4.79 Å². The first kappa shape index (κ1) is 13.6. The molecule has 0 radical (unpaired) electrons. The molecule has 1 atom stereocenters. The fourth-order valence-electron chi connectivity index (χ4n) is 1.70. The number of rotatable bonds is 5. The minimum Gasteiger partial charge on any atom is -0.303 e. The maximum Gasteiger partial charge on any atom is 0.211 e. The van der Waals surface area contributed by atoms with Gasteiger partial charge in [0.1, 0.15) is 6.29 Å². The minimum atomic E-state index is -0.777. The van der Waals surface area contributed by atoms with Crippen LogP contribution in [0.4, 0.5) is 0 Å². The summed E-state index contributed by atoms with van der Waals surface area (Å²) in [5.41, 5.74) is -0.0239. The van der Waals surface area contributed by atoms with E-state index in [1.165, 1.54) is 0 Å². The second kappa shape index (κ2) is 5.27. The Balaban J connectivity index is 3.10. The monoisotopic (exact) mass is 255 g/mol. The summed E-state index contributed by atoms with van der Waals surface area (Å²) in [6, 6.07) is 6.79. The van der Waals surface area contributed by atoms with Crippen molar-refractivity contribution >= 4 is 17.9 Å². The first-order chi connectivity index (χ1) is 7.86. The van der Waals surface area contributed by atoms with E-state index in [1.54, 1.807) is 38.1 Å². The highest BCUT2D eigenvalue weighted by atomic mass is 35.5. The summed E-state index contributed by atoms with van der Waals surface area (Å²) >= 11 is 5.77. The molecule has 0 aliphatic heterocycles. The molecule has 0 aromatic heterocycles. The quantitative estimate of drug-likeness (QED) is 0.462. The van der Waals surface area contributed by atoms with Gasteiger partial charge in [-0.2, -0.15) is 0 Å². The largest absolute Gasteiger partial charge is 0.303 e. The van der Waals surface area contributed by atoms with E-state index < -0.39 is 16.3 Å². The van der Waals surface area contributed by atoms with E-state index >= 15 is 0 Å². The van der Waals surface area contributed by atoms with Crippen molar-refractivity contribution in [2.75, 3.05) is 6.54 Å². The van der Waals surface area contributed by atoms with Crippen LogP contribution in [0.15, 0.2) is 24.3 Å². The van der Waals surface area contributed by atoms with Crippen LogP contribution in [-0.4, -0.2) is 17.8 Å². The predicted molar refractivity (Wildman–Crippen MR) is 65.9 cm³/mol. The van der Waals surface area contributed by atoms with Crippen LogP contribution in [0.2, 0.25) is 5.02 Å². The lowest BCUT2D eigenvalue weighted by Crippen LogP contribution is -2.29. The molecule has 5 heteroatoms. The Morgan fingerprint density at radius 3 is 2.35 bits per heavy atom. The zero-order chi connectivity index (χ0) is 13.1. The lowest BCUT2D eigenvalue weighted by Gasteiger charge is -2.26. The zero-order valence-electron chi connectivity index (χ0n) is 9.72. The van der Waals surface area contributed by atoms with Crippen molar-refractivity contribution in [2.24, 2.45) is 5.41 Å². The van der Waals surface area contributed by atoms with Crippen LogP contribution in [0.5, 0.6) is 0 Å². The Kier molecular flexibility index (Phi) is 4.23. The average Bonchev–Trinajstić information content (AvgIpc) is 2.27. The highest BCUT2D eigenvalue weighted by Crippen LogP contribution is 2.34. The van der Waals surface area contributed by atoms with Gasteiger partial charge in [-0.05, 0) is 17.7 Å². The maximum absolute atomic E-state index is 11.0. The van der Waals surface area contributed by atoms with Gasteiger partial charge >= 0.3 is 0 Å². The standard InChI is InChI=1S/C12H14ClNO3/c1-12(2,8-15)11(7-14(16)17)9-3-5-10(13)6-4-9/h3-6,8,11H,7H2,1-2H3/t11-/m0/s1. The van der Waals surface area contributed by atoms with Crippen LogP contribution < -0.4 is 0 Å². The molecule has 0 aliphatic rings. The Hall–Kier alpha value is -1.42. The van der Waals surface area contributed by atoms with Crippen molar-refractivity contribution in [3.05, 3.63) is 45.0 Å². The van der Waals surface area contributed by atoms with Crippen LogP contribution in [0, 0.1) is 15.5 Å². The van der Waals surface area contributed by atoms with Crippen molar-refractivity contribution in [3.63, 3.8) is 0 Å². The molecule has 0 saturated carbocycles. The number of carbonyl (C=O) groups excluding carboxylic acids is 1. The summed E-state index contributed by atoms with van der Waals surface area (Å²) in [7, 11) is 0. The Bertz CT molecular complexity index is 414. The molecular formula is C12H14ClNO3. The van der Waals surface area contributed by atoms with Crippen molar-refractivity contribution in [1.29, 1.82) is 0 Å². The lowest BCUT2D eigenvalue weighted by atomic mass is 9.76. The number of benzene rings is 1. The summed E-state index contributed by atoms with van der Waals surface area (Å²) in [4.78, 5) is 21.3. The van der Waals surface area contributed by atoms with E-state index in [2.05, 4.69) is 0 Å². The topological polar surface area (TPSA) is 60.2 Å². The van der Waals surface area contributed by atoms with Crippen LogP contribution >= 0.6 is 11.6 Å². The van der Waals surface area contributed by atoms with Gasteiger partial charge in [0, 0.05) is 15.4 Å². The molecule has 0 unspecified atom stereocenters. The van der Waals surface area contributed by atoms with Gasteiger partial charge in [0.2, 0.25) is 6.54 Å². The molecule has 17 heavy (non-hydrogen) atoms. The van der Waals surface area contributed by atoms with E-state index in [1.807, 2.05) is 0 Å². The zero-order valence-corrected chi connectivity index (χ0v) is 10.5. The van der Waals surface area contributed by atoms with Gasteiger partial charge in [-0.3, -0.25) is 10.1 Å². The van der Waals surface area contributed by atoms with Crippen molar-refractivity contribution in [3.8, 4) is 0 Å². The molecule has 0 heterocycles. The highest BCUT2D eigenvalue weighted by Gasteiger charge is 2.34. The van der Waals surface area contributed by atoms with Crippen LogP contribution in [0.3, 0.4) is 0 Å². The molecule has 1 aromatic rings. The first-order valence-electron chi connectivity index (χ1n) is 5.20. The van der Waals surface area contributed by atoms with Crippen molar-refractivity contribution in [2.45, 2.75) is 19.8 Å². The Morgan fingerprint density at radius 2 is 1.94 bits per heavy atom. The summed E-state index contributed by atoms with van der Waals surface area (Å²) in [6.45, 7) is 3.12. The fraction of sp³-hybridized carbons (Fsp3) is 0.417. The molecule has 0 spiro atoms. The van der Waals surface area contributed by atoms with Crippen LogP contribution in [0.25, 0.3) is 0 Å². The number of aldehydes is 1. The number of hydrogen-bond acceptors (Lipinski definition) is 3. The molecule has 1 aromatic carbocycles. The molecule has 0 bridgehead atoms. The number of carbonyl (C=O) groups is 1. The summed E-state index contributed by atoms with van der Waals surface area (Å²) in [5, 5.41) is 11.2. The third-order valence-corrected chi connectivity index (χ3v) is 3.06. The summed E-state index contributed by atoms with van der Waals surface area (Å²) < 4.78 is 0. The highest BCUT2D eigenvalue weighted by molar-refractivity contribution is 6.30. The molecule has 0 aliphatic carbocycles. The van der Waals surface area contributed by atoms with Gasteiger partial charge in [0.15, 0.2) is 0 Å². The summed E-state index contributed by atoms with van der Waals surface area (Å²) in [5.74, 6) is -0.452. The SMILES string of the molecule is CC(C)(C=O)[C@@H](C[N+](=O)[O-])c1ccc(Cl)cc1. The lowest BCUT2D eigenvalue weighted by molar-refractivity contribution is -0.485. The van der Waals surface area contributed by atoms with E-state index in [-0.39, 0.29) is 6.54 Å². The molecule has 0 amide bonds. The van der Waals surface area contributed by atoms with Gasteiger partial charge in [-0.25, -0.2) is 0 Å². The number of nitrogens with zero attached hydrogens (tertiary/aromatic N) is 1. The van der Waals surface area contributed by atoms with Gasteiger partial charge in [0.05, 0.1) is 5.92 Å². The van der Waals surface area contributed by atoms with Crippen molar-refractivity contribution < 1.29 is 9.72 Å². The molecule has 0 saturated heterocycles. The van der Waals surface area contributed by atoms with Crippen LogP contribution in [0.1, 0.15) is 25.3 Å². The average molecular weight is 256 g/mol. The number of nitro groups is 1. The second-order valence-electron chi connectivity index (χ2n) is 4.56. The molecule has 1 rings (SSSR count). The van der Waals surface area contributed by atoms with E-state index in [0.29, 0.717) is 5.02 Å². The molecule has 0 N–H and O–H groups in total. The Labute approximate surface area is 105 Å². The maximum atomic E-state index is 11.0.